The number of alkyl halides is 3. The average Bonchev–Trinajstić information content (AvgIpc) is 3.02. The van der Waals surface area contributed by atoms with Crippen molar-refractivity contribution in [1.29, 1.82) is 0 Å². The Morgan fingerprint density at radius 2 is 1.65 bits per heavy atom. The van der Waals surface area contributed by atoms with E-state index in [1.165, 1.54) is 18.3 Å². The van der Waals surface area contributed by atoms with Gasteiger partial charge in [-0.1, -0.05) is 36.4 Å². The minimum atomic E-state index is -4.39. The SMILES string of the molecule is FC(F)(F)c1ccccc1COc1cnn(-c2ccccc2)c1. The van der Waals surface area contributed by atoms with Crippen molar-refractivity contribution >= 4 is 0 Å². The Bertz CT molecular complexity index is 782. The second-order valence-corrected chi connectivity index (χ2v) is 4.90. The zero-order chi connectivity index (χ0) is 16.3. The lowest BCUT2D eigenvalue weighted by Crippen LogP contribution is -2.10. The summed E-state index contributed by atoms with van der Waals surface area (Å²) in [5.41, 5.74) is 0.251. The van der Waals surface area contributed by atoms with Crippen LogP contribution in [0.5, 0.6) is 5.75 Å². The maximum Gasteiger partial charge on any atom is 0.416 e. The highest BCUT2D eigenvalue weighted by Gasteiger charge is 2.32. The molecule has 0 spiro atoms. The van der Waals surface area contributed by atoms with Crippen LogP contribution in [-0.4, -0.2) is 9.78 Å². The van der Waals surface area contributed by atoms with Gasteiger partial charge in [0.2, 0.25) is 0 Å². The van der Waals surface area contributed by atoms with E-state index in [4.69, 9.17) is 4.74 Å². The Balaban J connectivity index is 1.74. The van der Waals surface area contributed by atoms with Gasteiger partial charge in [0.1, 0.15) is 6.61 Å². The number of rotatable bonds is 4. The first-order valence-electron chi connectivity index (χ1n) is 6.92. The van der Waals surface area contributed by atoms with Crippen molar-refractivity contribution < 1.29 is 17.9 Å². The molecule has 3 rings (SSSR count). The molecule has 0 amide bonds. The predicted octanol–water partition coefficient (Wildman–Crippen LogP) is 4.47. The van der Waals surface area contributed by atoms with E-state index >= 15 is 0 Å². The molecule has 6 heteroatoms. The van der Waals surface area contributed by atoms with Crippen LogP contribution in [-0.2, 0) is 12.8 Å². The highest BCUT2D eigenvalue weighted by molar-refractivity contribution is 5.33. The molecule has 0 aliphatic carbocycles. The van der Waals surface area contributed by atoms with E-state index < -0.39 is 11.7 Å². The summed E-state index contributed by atoms with van der Waals surface area (Å²) >= 11 is 0. The summed E-state index contributed by atoms with van der Waals surface area (Å²) in [6.45, 7) is -0.170. The molecular weight excluding hydrogens is 305 g/mol. The fourth-order valence-electron chi connectivity index (χ4n) is 2.19. The Morgan fingerprint density at radius 3 is 2.39 bits per heavy atom. The largest absolute Gasteiger partial charge is 0.486 e. The first kappa shape index (κ1) is 15.1. The molecule has 0 unspecified atom stereocenters. The molecule has 1 heterocycles. The molecule has 0 fully saturated rings. The molecule has 0 atom stereocenters. The molecule has 0 aliphatic rings. The molecule has 118 valence electrons. The summed E-state index contributed by atoms with van der Waals surface area (Å²) in [7, 11) is 0. The first-order valence-corrected chi connectivity index (χ1v) is 6.92. The Kier molecular flexibility index (Phi) is 4.06. The van der Waals surface area contributed by atoms with E-state index in [0.29, 0.717) is 5.75 Å². The zero-order valence-electron chi connectivity index (χ0n) is 12.0. The van der Waals surface area contributed by atoms with Gasteiger partial charge in [-0.2, -0.15) is 18.3 Å². The van der Waals surface area contributed by atoms with Crippen molar-refractivity contribution in [3.63, 3.8) is 0 Å². The molecule has 0 radical (unpaired) electrons. The van der Waals surface area contributed by atoms with Crippen LogP contribution in [0.2, 0.25) is 0 Å². The lowest BCUT2D eigenvalue weighted by molar-refractivity contribution is -0.138. The van der Waals surface area contributed by atoms with Crippen LogP contribution in [0.3, 0.4) is 0 Å². The van der Waals surface area contributed by atoms with Gasteiger partial charge >= 0.3 is 6.18 Å². The second-order valence-electron chi connectivity index (χ2n) is 4.90. The molecule has 3 nitrogen and oxygen atoms in total. The Labute approximate surface area is 130 Å². The third-order valence-electron chi connectivity index (χ3n) is 3.30. The number of ether oxygens (including phenoxy) is 1. The van der Waals surface area contributed by atoms with E-state index in [2.05, 4.69) is 5.10 Å². The highest BCUT2D eigenvalue weighted by Crippen LogP contribution is 2.32. The quantitative estimate of drug-likeness (QED) is 0.709. The number of halogens is 3. The molecule has 3 aromatic rings. The summed E-state index contributed by atoms with van der Waals surface area (Å²) in [5, 5.41) is 4.14. The smallest absolute Gasteiger partial charge is 0.416 e. The lowest BCUT2D eigenvalue weighted by Gasteiger charge is -2.12. The molecule has 0 N–H and O–H groups in total. The Hall–Kier alpha value is -2.76. The van der Waals surface area contributed by atoms with Crippen molar-refractivity contribution in [3.8, 4) is 11.4 Å². The highest BCUT2D eigenvalue weighted by atomic mass is 19.4. The molecule has 0 saturated heterocycles. The van der Waals surface area contributed by atoms with Crippen LogP contribution >= 0.6 is 0 Å². The molecule has 0 bridgehead atoms. The van der Waals surface area contributed by atoms with Crippen LogP contribution in [0.1, 0.15) is 11.1 Å². The standard InChI is InChI=1S/C17H13F3N2O/c18-17(19,20)16-9-5-4-6-13(16)12-23-15-10-21-22(11-15)14-7-2-1-3-8-14/h1-11H,12H2. The van der Waals surface area contributed by atoms with Gasteiger partial charge in [-0.05, 0) is 18.2 Å². The first-order chi connectivity index (χ1) is 11.0. The maximum atomic E-state index is 12.9. The fourth-order valence-corrected chi connectivity index (χ4v) is 2.19. The molecule has 0 saturated carbocycles. The molecule has 23 heavy (non-hydrogen) atoms. The predicted molar refractivity (Wildman–Crippen MR) is 79.3 cm³/mol. The van der Waals surface area contributed by atoms with Gasteiger partial charge < -0.3 is 4.74 Å². The second kappa shape index (κ2) is 6.16. The van der Waals surface area contributed by atoms with Crippen molar-refractivity contribution in [2.45, 2.75) is 12.8 Å². The summed E-state index contributed by atoms with van der Waals surface area (Å²) in [6.07, 6.45) is -1.29. The summed E-state index contributed by atoms with van der Waals surface area (Å²) in [6, 6.07) is 14.7. The lowest BCUT2D eigenvalue weighted by atomic mass is 10.1. The van der Waals surface area contributed by atoms with Crippen molar-refractivity contribution in [2.75, 3.05) is 0 Å². The third kappa shape index (κ3) is 3.53. The van der Waals surface area contributed by atoms with Crippen LogP contribution in [0, 0.1) is 0 Å². The maximum absolute atomic E-state index is 12.9. The van der Waals surface area contributed by atoms with Crippen molar-refractivity contribution in [3.05, 3.63) is 78.1 Å². The summed E-state index contributed by atoms with van der Waals surface area (Å²) in [5.74, 6) is 0.408. The Morgan fingerprint density at radius 1 is 0.957 bits per heavy atom. The van der Waals surface area contributed by atoms with Crippen LogP contribution < -0.4 is 4.74 Å². The molecular formula is C17H13F3N2O. The average molecular weight is 318 g/mol. The van der Waals surface area contributed by atoms with Gasteiger partial charge in [-0.15, -0.1) is 0 Å². The van der Waals surface area contributed by atoms with Crippen LogP contribution in [0.25, 0.3) is 5.69 Å². The normalized spacial score (nSPS) is 11.4. The topological polar surface area (TPSA) is 27.1 Å². The van der Waals surface area contributed by atoms with Gasteiger partial charge in [0.25, 0.3) is 0 Å². The molecule has 2 aromatic carbocycles. The van der Waals surface area contributed by atoms with E-state index in [-0.39, 0.29) is 12.2 Å². The number of nitrogens with zero attached hydrogens (tertiary/aromatic N) is 2. The number of para-hydroxylation sites is 1. The number of aromatic nitrogens is 2. The molecule has 1 aromatic heterocycles. The summed E-state index contributed by atoms with van der Waals surface area (Å²) < 4.78 is 45.8. The van der Waals surface area contributed by atoms with E-state index in [1.807, 2.05) is 30.3 Å². The fraction of sp³-hybridized carbons (Fsp3) is 0.118. The van der Waals surface area contributed by atoms with E-state index in [0.717, 1.165) is 11.8 Å². The minimum Gasteiger partial charge on any atom is -0.486 e. The van der Waals surface area contributed by atoms with Gasteiger partial charge in [0.05, 0.1) is 23.6 Å². The van der Waals surface area contributed by atoms with E-state index in [9.17, 15) is 13.2 Å². The van der Waals surface area contributed by atoms with Crippen LogP contribution in [0.15, 0.2) is 67.0 Å². The van der Waals surface area contributed by atoms with Gasteiger partial charge in [0, 0.05) is 5.56 Å². The summed E-state index contributed by atoms with van der Waals surface area (Å²) in [4.78, 5) is 0. The minimum absolute atomic E-state index is 0.0902. The number of hydrogen-bond acceptors (Lipinski definition) is 2. The van der Waals surface area contributed by atoms with Gasteiger partial charge in [-0.3, -0.25) is 0 Å². The van der Waals surface area contributed by atoms with E-state index in [1.54, 1.807) is 16.9 Å². The van der Waals surface area contributed by atoms with Gasteiger partial charge in [-0.25, -0.2) is 4.68 Å². The monoisotopic (exact) mass is 318 g/mol. The third-order valence-corrected chi connectivity index (χ3v) is 3.30. The van der Waals surface area contributed by atoms with Crippen molar-refractivity contribution in [1.82, 2.24) is 9.78 Å². The van der Waals surface area contributed by atoms with Crippen LogP contribution in [0.4, 0.5) is 13.2 Å². The number of benzene rings is 2. The number of hydrogen-bond donors (Lipinski definition) is 0. The molecule has 0 aliphatic heterocycles. The zero-order valence-corrected chi connectivity index (χ0v) is 12.0. The van der Waals surface area contributed by atoms with Gasteiger partial charge in [0.15, 0.2) is 5.75 Å². The van der Waals surface area contributed by atoms with Crippen molar-refractivity contribution in [2.24, 2.45) is 0 Å².